The molecule has 0 aromatic heterocycles. The van der Waals surface area contributed by atoms with E-state index in [0.717, 1.165) is 26.0 Å². The van der Waals surface area contributed by atoms with Crippen LogP contribution in [0.3, 0.4) is 0 Å². The summed E-state index contributed by atoms with van der Waals surface area (Å²) in [6, 6.07) is 1.94. The second-order valence-corrected chi connectivity index (χ2v) is 11.7. The zero-order valence-corrected chi connectivity index (χ0v) is 26.2. The van der Waals surface area contributed by atoms with Gasteiger partial charge in [-0.25, -0.2) is 0 Å². The molecule has 3 aliphatic heterocycles. The molecular formula is C28H41N3O18. The Hall–Kier alpha value is -3.16. The summed E-state index contributed by atoms with van der Waals surface area (Å²) in [4.78, 5) is 34.5. The minimum atomic E-state index is -1.92. The number of carbonyl (C=O) groups is 2. The van der Waals surface area contributed by atoms with E-state index in [2.05, 4.69) is 10.6 Å². The molecule has 15 atom stereocenters. The van der Waals surface area contributed by atoms with Crippen molar-refractivity contribution in [2.24, 2.45) is 0 Å². The number of ether oxygens (including phenoxy) is 6. The van der Waals surface area contributed by atoms with Crippen molar-refractivity contribution in [1.82, 2.24) is 10.6 Å². The van der Waals surface area contributed by atoms with Gasteiger partial charge in [-0.15, -0.1) is 0 Å². The number of nitrogens with zero attached hydrogens (tertiary/aromatic N) is 1. The van der Waals surface area contributed by atoms with Gasteiger partial charge in [0.2, 0.25) is 18.1 Å². The van der Waals surface area contributed by atoms with E-state index < -0.39 is 129 Å². The highest BCUT2D eigenvalue weighted by atomic mass is 16.7. The molecule has 0 saturated carbocycles. The molecule has 1 aromatic carbocycles. The molecule has 0 spiro atoms. The Morgan fingerprint density at radius 3 is 1.86 bits per heavy atom. The first-order valence-electron chi connectivity index (χ1n) is 15.2. The van der Waals surface area contributed by atoms with Gasteiger partial charge in [0, 0.05) is 26.0 Å². The average Bonchev–Trinajstić information content (AvgIpc) is 3.05. The Labute approximate surface area is 278 Å². The first kappa shape index (κ1) is 38.6. The van der Waals surface area contributed by atoms with Gasteiger partial charge in [0.1, 0.15) is 72.8 Å². The van der Waals surface area contributed by atoms with Gasteiger partial charge in [-0.1, -0.05) is 0 Å². The van der Waals surface area contributed by atoms with Crippen molar-refractivity contribution in [3.8, 4) is 5.75 Å². The molecule has 21 heteroatoms. The number of non-ortho nitro benzene ring substituents is 1. The lowest BCUT2D eigenvalue weighted by Gasteiger charge is -2.48. The topological polar surface area (TPSA) is 319 Å². The van der Waals surface area contributed by atoms with E-state index in [-0.39, 0.29) is 11.4 Å². The van der Waals surface area contributed by atoms with Crippen molar-refractivity contribution < 1.29 is 83.8 Å². The third kappa shape index (κ3) is 8.96. The summed E-state index contributed by atoms with van der Waals surface area (Å²) in [5, 5.41) is 99.3. The number of hydrogen-bond acceptors (Lipinski definition) is 18. The fourth-order valence-electron chi connectivity index (χ4n) is 5.64. The van der Waals surface area contributed by atoms with E-state index in [1.807, 2.05) is 0 Å². The van der Waals surface area contributed by atoms with Crippen LogP contribution in [0.1, 0.15) is 13.8 Å². The molecule has 3 saturated heterocycles. The largest absolute Gasteiger partial charge is 0.463 e. The van der Waals surface area contributed by atoms with E-state index >= 15 is 0 Å². The first-order valence-corrected chi connectivity index (χ1v) is 15.2. The van der Waals surface area contributed by atoms with Crippen LogP contribution in [-0.2, 0) is 33.3 Å². The van der Waals surface area contributed by atoms with Crippen molar-refractivity contribution in [2.45, 2.75) is 106 Å². The van der Waals surface area contributed by atoms with Gasteiger partial charge in [0.05, 0.1) is 30.8 Å². The first-order chi connectivity index (χ1) is 23.2. The molecule has 0 radical (unpaired) electrons. The van der Waals surface area contributed by atoms with Crippen LogP contribution in [0.15, 0.2) is 24.3 Å². The van der Waals surface area contributed by atoms with Crippen LogP contribution in [0.5, 0.6) is 5.75 Å². The molecule has 10 N–H and O–H groups in total. The van der Waals surface area contributed by atoms with E-state index in [4.69, 9.17) is 28.4 Å². The molecule has 0 unspecified atom stereocenters. The lowest BCUT2D eigenvalue weighted by molar-refractivity contribution is -0.384. The van der Waals surface area contributed by atoms with E-state index in [0.29, 0.717) is 0 Å². The lowest BCUT2D eigenvalue weighted by atomic mass is 9.95. The maximum Gasteiger partial charge on any atom is 0.269 e. The number of nitro benzene ring substituents is 1. The Morgan fingerprint density at radius 1 is 0.735 bits per heavy atom. The zero-order valence-electron chi connectivity index (χ0n) is 26.2. The Bertz CT molecular complexity index is 1270. The monoisotopic (exact) mass is 707 g/mol. The molecule has 0 bridgehead atoms. The predicted octanol–water partition coefficient (Wildman–Crippen LogP) is -5.29. The van der Waals surface area contributed by atoms with Gasteiger partial charge in [-0.05, 0) is 12.1 Å². The van der Waals surface area contributed by atoms with Crippen molar-refractivity contribution in [3.63, 3.8) is 0 Å². The highest BCUT2D eigenvalue weighted by Gasteiger charge is 2.53. The second-order valence-electron chi connectivity index (χ2n) is 11.7. The van der Waals surface area contributed by atoms with Crippen LogP contribution >= 0.6 is 0 Å². The van der Waals surface area contributed by atoms with Crippen molar-refractivity contribution in [3.05, 3.63) is 34.4 Å². The van der Waals surface area contributed by atoms with E-state index in [1.54, 1.807) is 0 Å². The molecule has 2 amide bonds. The predicted molar refractivity (Wildman–Crippen MR) is 156 cm³/mol. The number of carbonyl (C=O) groups excluding carboxylic acids is 2. The molecule has 21 nitrogen and oxygen atoms in total. The molecule has 0 aliphatic carbocycles. The molecule has 3 fully saturated rings. The standard InChI is InChI=1S/C28H41N3O18/c1-10(34)29-17-19(36)14(7-32)46-27(22(17)39)44-9-16-21(38)25(49-28-24(41)23(40)20(37)15(8-33)47-28)18(30-11(2)35)26(48-16)45-13-5-3-12(4-6-13)31(42)43/h3-6,14-28,32-33,36-41H,7-9H2,1-2H3,(H,29,34)(H,30,35)/t14-,15-,16-,17+,18-,19-,20+,21+,22-,23+,24-,25-,26+,27-,28-/m1/s1. The number of aliphatic hydroxyl groups excluding tert-OH is 8. The summed E-state index contributed by atoms with van der Waals surface area (Å²) >= 11 is 0. The SMILES string of the molecule is CC(=O)N[C@@H]1[C@@H](O)[C@H](OC[C@H]2O[C@H](Oc3ccc([N+](=O)[O-])cc3)[C@H](NC(C)=O)[C@@H](O[C@H]3O[C@H](CO)[C@H](O)[C@H](O)[C@H]3O)[C@H]2O)O[C@H](CO)[C@H]1O. The number of nitrogens with one attached hydrogen (secondary N) is 2. The van der Waals surface area contributed by atoms with Gasteiger partial charge >= 0.3 is 0 Å². The molecular weight excluding hydrogens is 666 g/mol. The Balaban J connectivity index is 1.63. The normalized spacial score (nSPS) is 39.5. The number of aliphatic hydroxyl groups is 8. The summed E-state index contributed by atoms with van der Waals surface area (Å²) < 4.78 is 34.3. The molecule has 276 valence electrons. The number of rotatable bonds is 12. The van der Waals surface area contributed by atoms with Crippen LogP contribution in [0.4, 0.5) is 5.69 Å². The van der Waals surface area contributed by atoms with E-state index in [1.165, 1.54) is 12.1 Å². The van der Waals surface area contributed by atoms with Crippen molar-refractivity contribution in [1.29, 1.82) is 0 Å². The number of nitro groups is 1. The molecule has 1 aromatic rings. The summed E-state index contributed by atoms with van der Waals surface area (Å²) in [7, 11) is 0. The highest BCUT2D eigenvalue weighted by Crippen LogP contribution is 2.32. The van der Waals surface area contributed by atoms with Crippen LogP contribution in [0, 0.1) is 10.1 Å². The molecule has 49 heavy (non-hydrogen) atoms. The zero-order chi connectivity index (χ0) is 36.2. The third-order valence-corrected chi connectivity index (χ3v) is 8.16. The lowest BCUT2D eigenvalue weighted by Crippen LogP contribution is -2.69. The van der Waals surface area contributed by atoms with Crippen molar-refractivity contribution >= 4 is 17.5 Å². The maximum absolute atomic E-state index is 12.3. The van der Waals surface area contributed by atoms with E-state index in [9.17, 15) is 60.6 Å². The Kier molecular flexibility index (Phi) is 13.2. The average molecular weight is 708 g/mol. The fourth-order valence-corrected chi connectivity index (χ4v) is 5.64. The van der Waals surface area contributed by atoms with Crippen LogP contribution in [0.2, 0.25) is 0 Å². The second kappa shape index (κ2) is 16.7. The minimum absolute atomic E-state index is 0.00226. The highest BCUT2D eigenvalue weighted by molar-refractivity contribution is 5.73. The number of benzene rings is 1. The summed E-state index contributed by atoms with van der Waals surface area (Å²) in [6.07, 6.45) is -21.4. The number of hydrogen-bond donors (Lipinski definition) is 10. The smallest absolute Gasteiger partial charge is 0.269 e. The third-order valence-electron chi connectivity index (χ3n) is 8.16. The molecule has 3 heterocycles. The molecule has 4 rings (SSSR count). The van der Waals surface area contributed by atoms with Crippen LogP contribution < -0.4 is 15.4 Å². The summed E-state index contributed by atoms with van der Waals surface area (Å²) in [6.45, 7) is 0.0769. The van der Waals surface area contributed by atoms with Crippen molar-refractivity contribution in [2.75, 3.05) is 19.8 Å². The van der Waals surface area contributed by atoms with Crippen LogP contribution in [0.25, 0.3) is 0 Å². The quantitative estimate of drug-likeness (QED) is 0.0716. The van der Waals surface area contributed by atoms with Gasteiger partial charge in [0.25, 0.3) is 5.69 Å². The minimum Gasteiger partial charge on any atom is -0.463 e. The van der Waals surface area contributed by atoms with Gasteiger partial charge in [0.15, 0.2) is 12.6 Å². The summed E-state index contributed by atoms with van der Waals surface area (Å²) in [5.74, 6) is -1.29. The summed E-state index contributed by atoms with van der Waals surface area (Å²) in [5.41, 5.74) is -0.268. The van der Waals surface area contributed by atoms with Gasteiger partial charge in [-0.3, -0.25) is 19.7 Å². The van der Waals surface area contributed by atoms with Gasteiger partial charge < -0.3 is 79.9 Å². The fraction of sp³-hybridized carbons (Fsp3) is 0.714. The van der Waals surface area contributed by atoms with Crippen LogP contribution in [-0.4, -0.2) is 169 Å². The Morgan fingerprint density at radius 2 is 1.29 bits per heavy atom. The van der Waals surface area contributed by atoms with Gasteiger partial charge in [-0.2, -0.15) is 0 Å². The number of amides is 2. The molecule has 3 aliphatic rings. The maximum atomic E-state index is 12.3.